The van der Waals surface area contributed by atoms with Crippen molar-refractivity contribution < 1.29 is 9.90 Å². The fraction of sp³-hybridized carbons (Fsp3) is 0.875. The third-order valence-electron chi connectivity index (χ3n) is 2.61. The SMILES string of the molecule is CC1CC1N1CC(O)CC1=O. The number of carbonyl (C=O) groups is 1. The van der Waals surface area contributed by atoms with Gasteiger partial charge < -0.3 is 10.0 Å². The van der Waals surface area contributed by atoms with Gasteiger partial charge in [0, 0.05) is 12.6 Å². The Morgan fingerprint density at radius 3 is 2.64 bits per heavy atom. The molecule has 1 heterocycles. The van der Waals surface area contributed by atoms with Crippen LogP contribution in [0.5, 0.6) is 0 Å². The molecule has 3 heteroatoms. The molecule has 3 nitrogen and oxygen atoms in total. The highest BCUT2D eigenvalue weighted by Gasteiger charge is 2.44. The van der Waals surface area contributed by atoms with Crippen molar-refractivity contribution in [3.8, 4) is 0 Å². The number of nitrogens with zero attached hydrogens (tertiary/aromatic N) is 1. The first-order valence-electron chi connectivity index (χ1n) is 4.16. The second-order valence-electron chi connectivity index (χ2n) is 3.68. The Morgan fingerprint density at radius 2 is 2.27 bits per heavy atom. The lowest BCUT2D eigenvalue weighted by molar-refractivity contribution is -0.128. The summed E-state index contributed by atoms with van der Waals surface area (Å²) in [5, 5.41) is 9.17. The topological polar surface area (TPSA) is 40.5 Å². The van der Waals surface area contributed by atoms with Crippen LogP contribution in [0, 0.1) is 5.92 Å². The van der Waals surface area contributed by atoms with Crippen LogP contribution < -0.4 is 0 Å². The van der Waals surface area contributed by atoms with E-state index >= 15 is 0 Å². The monoisotopic (exact) mass is 155 g/mol. The summed E-state index contributed by atoms with van der Waals surface area (Å²) in [6.07, 6.45) is 1.05. The minimum absolute atomic E-state index is 0.131. The van der Waals surface area contributed by atoms with Gasteiger partial charge in [-0.05, 0) is 12.3 Å². The van der Waals surface area contributed by atoms with Crippen LogP contribution >= 0.6 is 0 Å². The summed E-state index contributed by atoms with van der Waals surface area (Å²) in [6, 6.07) is 0.444. The molecule has 0 bridgehead atoms. The predicted octanol–water partition coefficient (Wildman–Crippen LogP) is -0.0120. The number of β-amino-alcohol motifs (C(OH)–C–C–N with tert-alkyl or cyclic N) is 1. The number of aliphatic hydroxyl groups excluding tert-OH is 1. The average Bonchev–Trinajstić information content (AvgIpc) is 2.52. The quantitative estimate of drug-likeness (QED) is 0.578. The van der Waals surface area contributed by atoms with Crippen molar-refractivity contribution in [2.75, 3.05) is 6.54 Å². The highest BCUT2D eigenvalue weighted by Crippen LogP contribution is 2.37. The first kappa shape index (κ1) is 7.10. The molecule has 0 aromatic rings. The Labute approximate surface area is 66.0 Å². The van der Waals surface area contributed by atoms with Gasteiger partial charge in [0.2, 0.25) is 5.91 Å². The Morgan fingerprint density at radius 1 is 1.64 bits per heavy atom. The molecular weight excluding hydrogens is 142 g/mol. The first-order chi connectivity index (χ1) is 5.18. The summed E-state index contributed by atoms with van der Waals surface area (Å²) >= 11 is 0. The smallest absolute Gasteiger partial charge is 0.225 e. The van der Waals surface area contributed by atoms with Gasteiger partial charge in [-0.2, -0.15) is 0 Å². The number of hydrogen-bond acceptors (Lipinski definition) is 2. The molecule has 1 aliphatic carbocycles. The first-order valence-corrected chi connectivity index (χ1v) is 4.16. The molecule has 1 aliphatic heterocycles. The van der Waals surface area contributed by atoms with Crippen LogP contribution in [-0.4, -0.2) is 34.6 Å². The predicted molar refractivity (Wildman–Crippen MR) is 39.9 cm³/mol. The van der Waals surface area contributed by atoms with Crippen LogP contribution in [-0.2, 0) is 4.79 Å². The van der Waals surface area contributed by atoms with E-state index in [4.69, 9.17) is 0 Å². The van der Waals surface area contributed by atoms with Crippen molar-refractivity contribution in [2.24, 2.45) is 5.92 Å². The van der Waals surface area contributed by atoms with Gasteiger partial charge in [0.05, 0.1) is 12.5 Å². The van der Waals surface area contributed by atoms with Crippen molar-refractivity contribution in [3.05, 3.63) is 0 Å². The second-order valence-corrected chi connectivity index (χ2v) is 3.68. The molecule has 1 amide bonds. The molecule has 2 aliphatic rings. The van der Waals surface area contributed by atoms with Gasteiger partial charge in [-0.3, -0.25) is 4.79 Å². The maximum atomic E-state index is 11.2. The number of aliphatic hydroxyl groups is 1. The molecule has 62 valence electrons. The van der Waals surface area contributed by atoms with Crippen molar-refractivity contribution in [3.63, 3.8) is 0 Å². The summed E-state index contributed by atoms with van der Waals surface area (Å²) in [6.45, 7) is 2.70. The lowest BCUT2D eigenvalue weighted by atomic mass is 10.3. The minimum Gasteiger partial charge on any atom is -0.391 e. The Balaban J connectivity index is 1.99. The third kappa shape index (κ3) is 1.13. The summed E-state index contributed by atoms with van der Waals surface area (Å²) in [4.78, 5) is 13.0. The molecule has 0 radical (unpaired) electrons. The van der Waals surface area contributed by atoms with Gasteiger partial charge in [-0.25, -0.2) is 0 Å². The van der Waals surface area contributed by atoms with Gasteiger partial charge in [0.25, 0.3) is 0 Å². The zero-order valence-corrected chi connectivity index (χ0v) is 6.66. The van der Waals surface area contributed by atoms with E-state index in [1.807, 2.05) is 4.90 Å². The Bertz CT molecular complexity index is 193. The summed E-state index contributed by atoms with van der Waals surface area (Å²) in [5.74, 6) is 0.788. The van der Waals surface area contributed by atoms with Gasteiger partial charge >= 0.3 is 0 Å². The normalized spacial score (nSPS) is 43.3. The van der Waals surface area contributed by atoms with Gasteiger partial charge in [-0.15, -0.1) is 0 Å². The van der Waals surface area contributed by atoms with Crippen LogP contribution in [0.3, 0.4) is 0 Å². The number of amides is 1. The molecule has 1 saturated carbocycles. The van der Waals surface area contributed by atoms with Crippen molar-refractivity contribution in [2.45, 2.75) is 31.9 Å². The molecule has 1 saturated heterocycles. The van der Waals surface area contributed by atoms with E-state index in [-0.39, 0.29) is 5.91 Å². The zero-order chi connectivity index (χ0) is 8.01. The van der Waals surface area contributed by atoms with E-state index in [2.05, 4.69) is 6.92 Å². The molecule has 0 aromatic carbocycles. The number of rotatable bonds is 1. The molecule has 2 fully saturated rings. The lowest BCUT2D eigenvalue weighted by Crippen LogP contribution is -2.29. The summed E-state index contributed by atoms with van der Waals surface area (Å²) < 4.78 is 0. The van der Waals surface area contributed by atoms with Crippen LogP contribution in [0.15, 0.2) is 0 Å². The molecular formula is C8H13NO2. The maximum Gasteiger partial charge on any atom is 0.225 e. The van der Waals surface area contributed by atoms with Gasteiger partial charge in [0.15, 0.2) is 0 Å². The van der Waals surface area contributed by atoms with E-state index in [9.17, 15) is 9.90 Å². The van der Waals surface area contributed by atoms with Gasteiger partial charge in [-0.1, -0.05) is 6.92 Å². The van der Waals surface area contributed by atoms with Crippen molar-refractivity contribution in [1.29, 1.82) is 0 Å². The third-order valence-corrected chi connectivity index (χ3v) is 2.61. The molecule has 0 aromatic heterocycles. The number of hydrogen-bond donors (Lipinski definition) is 1. The van der Waals surface area contributed by atoms with E-state index < -0.39 is 6.10 Å². The van der Waals surface area contributed by atoms with E-state index in [1.54, 1.807) is 0 Å². The van der Waals surface area contributed by atoms with Crippen molar-refractivity contribution in [1.82, 2.24) is 4.90 Å². The Hall–Kier alpha value is -0.570. The van der Waals surface area contributed by atoms with Crippen LogP contribution in [0.1, 0.15) is 19.8 Å². The van der Waals surface area contributed by atoms with Crippen molar-refractivity contribution >= 4 is 5.91 Å². The zero-order valence-electron chi connectivity index (χ0n) is 6.66. The van der Waals surface area contributed by atoms with E-state index in [0.717, 1.165) is 6.42 Å². The van der Waals surface area contributed by atoms with Crippen LogP contribution in [0.25, 0.3) is 0 Å². The number of likely N-dealkylation sites (tertiary alicyclic amines) is 1. The molecule has 3 unspecified atom stereocenters. The van der Waals surface area contributed by atoms with Crippen LogP contribution in [0.4, 0.5) is 0 Å². The Kier molecular flexibility index (Phi) is 1.42. The highest BCUT2D eigenvalue weighted by atomic mass is 16.3. The van der Waals surface area contributed by atoms with E-state index in [0.29, 0.717) is 24.9 Å². The molecule has 1 N–H and O–H groups in total. The fourth-order valence-corrected chi connectivity index (χ4v) is 1.77. The van der Waals surface area contributed by atoms with Gasteiger partial charge in [0.1, 0.15) is 0 Å². The molecule has 0 spiro atoms. The molecule has 2 rings (SSSR count). The number of carbonyl (C=O) groups excluding carboxylic acids is 1. The minimum atomic E-state index is -0.407. The summed E-state index contributed by atoms with van der Waals surface area (Å²) in [7, 11) is 0. The largest absolute Gasteiger partial charge is 0.391 e. The molecule has 3 atom stereocenters. The second kappa shape index (κ2) is 2.21. The van der Waals surface area contributed by atoms with E-state index in [1.165, 1.54) is 0 Å². The van der Waals surface area contributed by atoms with Crippen LogP contribution in [0.2, 0.25) is 0 Å². The molecule has 11 heavy (non-hydrogen) atoms. The standard InChI is InChI=1S/C8H13NO2/c1-5-2-7(5)9-4-6(10)3-8(9)11/h5-7,10H,2-4H2,1H3. The lowest BCUT2D eigenvalue weighted by Gasteiger charge is -2.14. The average molecular weight is 155 g/mol. The fourth-order valence-electron chi connectivity index (χ4n) is 1.77. The maximum absolute atomic E-state index is 11.2. The highest BCUT2D eigenvalue weighted by molar-refractivity contribution is 5.79. The summed E-state index contributed by atoms with van der Waals surface area (Å²) in [5.41, 5.74) is 0.